The number of rotatable bonds is 2. The first-order valence-corrected chi connectivity index (χ1v) is 4.15. The van der Waals surface area contributed by atoms with Crippen molar-refractivity contribution in [3.05, 3.63) is 23.3 Å². The second kappa shape index (κ2) is 3.23. The third-order valence-electron chi connectivity index (χ3n) is 2.01. The van der Waals surface area contributed by atoms with Gasteiger partial charge in [-0.25, -0.2) is 9.59 Å². The molecule has 0 atom stereocenters. The van der Waals surface area contributed by atoms with Gasteiger partial charge in [0.2, 0.25) is 0 Å². The summed E-state index contributed by atoms with van der Waals surface area (Å²) in [5.74, 6) is -2.70. The van der Waals surface area contributed by atoms with Gasteiger partial charge in [-0.2, -0.15) is 4.98 Å². The zero-order chi connectivity index (χ0) is 11.9. The highest BCUT2D eigenvalue weighted by molar-refractivity contribution is 6.05. The Morgan fingerprint density at radius 2 is 1.75 bits per heavy atom. The van der Waals surface area contributed by atoms with Crippen LogP contribution < -0.4 is 5.73 Å². The predicted molar refractivity (Wildman–Crippen MR) is 52.3 cm³/mol. The number of aromatic nitrogens is 1. The lowest BCUT2D eigenvalue weighted by molar-refractivity contribution is 0.0652. The van der Waals surface area contributed by atoms with Crippen molar-refractivity contribution in [1.29, 1.82) is 0 Å². The van der Waals surface area contributed by atoms with E-state index >= 15 is 0 Å². The van der Waals surface area contributed by atoms with Crippen molar-refractivity contribution in [1.82, 2.24) is 4.98 Å². The largest absolute Gasteiger partial charge is 0.478 e. The number of carboxylic acids is 2. The predicted octanol–water partition coefficient (Wildman–Crippen LogP) is 0.806. The molecule has 82 valence electrons. The third-order valence-corrected chi connectivity index (χ3v) is 2.01. The van der Waals surface area contributed by atoms with Crippen molar-refractivity contribution in [2.24, 2.45) is 0 Å². The first-order chi connectivity index (χ1) is 7.49. The molecule has 16 heavy (non-hydrogen) atoms. The number of anilines is 1. The van der Waals surface area contributed by atoms with Crippen LogP contribution in [0.4, 0.5) is 6.01 Å². The Bertz CT molecular complexity index is 550. The number of nitrogens with two attached hydrogens (primary N) is 1. The summed E-state index contributed by atoms with van der Waals surface area (Å²) in [5, 5.41) is 17.7. The summed E-state index contributed by atoms with van der Waals surface area (Å²) in [6.07, 6.45) is 0. The second-order valence-electron chi connectivity index (χ2n) is 3.03. The summed E-state index contributed by atoms with van der Waals surface area (Å²) in [6, 6.07) is 2.06. The molecule has 1 aromatic heterocycles. The van der Waals surface area contributed by atoms with E-state index in [0.29, 0.717) is 0 Å². The number of nitrogens with zero attached hydrogens (tertiary/aromatic N) is 1. The van der Waals surface area contributed by atoms with E-state index in [1.807, 2.05) is 0 Å². The van der Waals surface area contributed by atoms with Gasteiger partial charge in [-0.15, -0.1) is 0 Å². The molecule has 0 saturated heterocycles. The summed E-state index contributed by atoms with van der Waals surface area (Å²) < 4.78 is 4.90. The fraction of sp³-hybridized carbons (Fsp3) is 0. The Hall–Kier alpha value is -2.57. The number of oxazole rings is 1. The zero-order valence-electron chi connectivity index (χ0n) is 7.80. The van der Waals surface area contributed by atoms with Gasteiger partial charge >= 0.3 is 11.9 Å². The number of nitrogen functional groups attached to an aromatic ring is 1. The third kappa shape index (κ3) is 1.44. The molecule has 2 rings (SSSR count). The van der Waals surface area contributed by atoms with Crippen molar-refractivity contribution in [2.45, 2.75) is 0 Å². The minimum absolute atomic E-state index is 0.139. The molecule has 1 heterocycles. The van der Waals surface area contributed by atoms with E-state index in [1.165, 1.54) is 0 Å². The molecule has 0 saturated carbocycles. The van der Waals surface area contributed by atoms with E-state index in [1.54, 1.807) is 0 Å². The van der Waals surface area contributed by atoms with Crippen LogP contribution in [0.2, 0.25) is 0 Å². The molecule has 4 N–H and O–H groups in total. The highest BCUT2D eigenvalue weighted by Crippen LogP contribution is 2.22. The lowest BCUT2D eigenvalue weighted by Gasteiger charge is -1.99. The summed E-state index contributed by atoms with van der Waals surface area (Å²) in [5.41, 5.74) is 4.90. The van der Waals surface area contributed by atoms with Crippen LogP contribution in [0.15, 0.2) is 16.5 Å². The molecule has 2 aromatic rings. The van der Waals surface area contributed by atoms with Gasteiger partial charge in [-0.3, -0.25) is 0 Å². The van der Waals surface area contributed by atoms with Gasteiger partial charge in [0.05, 0.1) is 11.1 Å². The average Bonchev–Trinajstić information content (AvgIpc) is 2.54. The smallest absolute Gasteiger partial charge is 0.336 e. The van der Waals surface area contributed by atoms with Crippen LogP contribution >= 0.6 is 0 Å². The number of carboxylic acid groups (broad SMARTS) is 2. The van der Waals surface area contributed by atoms with Gasteiger partial charge in [0, 0.05) is 0 Å². The number of hydrogen-bond acceptors (Lipinski definition) is 5. The van der Waals surface area contributed by atoms with Gasteiger partial charge < -0.3 is 20.4 Å². The topological polar surface area (TPSA) is 127 Å². The lowest BCUT2D eigenvalue weighted by atomic mass is 10.1. The van der Waals surface area contributed by atoms with Gasteiger partial charge in [0.15, 0.2) is 5.58 Å². The highest BCUT2D eigenvalue weighted by atomic mass is 16.4. The van der Waals surface area contributed by atoms with Crippen LogP contribution in [0.1, 0.15) is 20.7 Å². The molecule has 0 unspecified atom stereocenters. The molecule has 0 radical (unpaired) electrons. The average molecular weight is 222 g/mol. The number of fused-ring (bicyclic) bond motifs is 1. The first kappa shape index (κ1) is 9.97. The molecule has 1 aromatic carbocycles. The van der Waals surface area contributed by atoms with Crippen LogP contribution in [-0.4, -0.2) is 27.1 Å². The van der Waals surface area contributed by atoms with E-state index in [9.17, 15) is 9.59 Å². The van der Waals surface area contributed by atoms with E-state index in [0.717, 1.165) is 12.1 Å². The Morgan fingerprint density at radius 3 is 2.31 bits per heavy atom. The molecule has 0 spiro atoms. The Morgan fingerprint density at radius 1 is 1.19 bits per heavy atom. The van der Waals surface area contributed by atoms with Gasteiger partial charge in [0.1, 0.15) is 5.52 Å². The van der Waals surface area contributed by atoms with E-state index in [-0.39, 0.29) is 28.2 Å². The summed E-state index contributed by atoms with van der Waals surface area (Å²) in [7, 11) is 0. The van der Waals surface area contributed by atoms with Crippen molar-refractivity contribution >= 4 is 29.1 Å². The van der Waals surface area contributed by atoms with Crippen LogP contribution in [0.3, 0.4) is 0 Å². The molecule has 0 bridgehead atoms. The van der Waals surface area contributed by atoms with Crippen LogP contribution in [0, 0.1) is 0 Å². The Kier molecular flexibility index (Phi) is 2.01. The molecule has 0 aliphatic heterocycles. The minimum atomic E-state index is -1.35. The van der Waals surface area contributed by atoms with Crippen molar-refractivity contribution in [3.8, 4) is 0 Å². The molecule has 0 fully saturated rings. The molecule has 0 aliphatic rings. The maximum Gasteiger partial charge on any atom is 0.336 e. The number of hydrogen-bond donors (Lipinski definition) is 3. The summed E-state index contributed by atoms with van der Waals surface area (Å²) >= 11 is 0. The molecule has 7 nitrogen and oxygen atoms in total. The molecule has 0 amide bonds. The summed E-state index contributed by atoms with van der Waals surface area (Å²) in [4.78, 5) is 25.4. The summed E-state index contributed by atoms with van der Waals surface area (Å²) in [6.45, 7) is 0. The fourth-order valence-electron chi connectivity index (χ4n) is 1.35. The van der Waals surface area contributed by atoms with Gasteiger partial charge in [-0.05, 0) is 12.1 Å². The standard InChI is InChI=1S/C9H6N2O5/c10-9-11-5-1-3(7(12)13)4(8(14)15)2-6(5)16-9/h1-2H,(H2,10,11)(H,12,13)(H,14,15). The van der Waals surface area contributed by atoms with Crippen molar-refractivity contribution in [3.63, 3.8) is 0 Å². The number of benzene rings is 1. The monoisotopic (exact) mass is 222 g/mol. The van der Waals surface area contributed by atoms with Crippen LogP contribution in [0.25, 0.3) is 11.1 Å². The molecule has 0 aliphatic carbocycles. The SMILES string of the molecule is Nc1nc2cc(C(=O)O)c(C(=O)O)cc2o1. The van der Waals surface area contributed by atoms with Crippen molar-refractivity contribution < 1.29 is 24.2 Å². The lowest BCUT2D eigenvalue weighted by Crippen LogP contribution is -2.07. The van der Waals surface area contributed by atoms with Gasteiger partial charge in [0.25, 0.3) is 6.01 Å². The van der Waals surface area contributed by atoms with Gasteiger partial charge in [-0.1, -0.05) is 0 Å². The zero-order valence-corrected chi connectivity index (χ0v) is 7.80. The number of carbonyl (C=O) groups is 2. The molecular weight excluding hydrogens is 216 g/mol. The van der Waals surface area contributed by atoms with Crippen LogP contribution in [-0.2, 0) is 0 Å². The maximum atomic E-state index is 10.8. The van der Waals surface area contributed by atoms with E-state index in [4.69, 9.17) is 20.4 Å². The number of aromatic carboxylic acids is 2. The first-order valence-electron chi connectivity index (χ1n) is 4.15. The second-order valence-corrected chi connectivity index (χ2v) is 3.03. The van der Waals surface area contributed by atoms with E-state index < -0.39 is 11.9 Å². The van der Waals surface area contributed by atoms with Crippen LogP contribution in [0.5, 0.6) is 0 Å². The molecular formula is C9H6N2O5. The van der Waals surface area contributed by atoms with E-state index in [2.05, 4.69) is 4.98 Å². The fourth-order valence-corrected chi connectivity index (χ4v) is 1.35. The maximum absolute atomic E-state index is 10.8. The normalized spacial score (nSPS) is 10.5. The Labute approximate surface area is 88.1 Å². The minimum Gasteiger partial charge on any atom is -0.478 e. The quantitative estimate of drug-likeness (QED) is 0.685. The molecule has 7 heteroatoms. The highest BCUT2D eigenvalue weighted by Gasteiger charge is 2.19. The van der Waals surface area contributed by atoms with Crippen molar-refractivity contribution in [2.75, 3.05) is 5.73 Å². The Balaban J connectivity index is 2.80.